The van der Waals surface area contributed by atoms with Gasteiger partial charge in [-0.25, -0.2) is 4.39 Å². The zero-order valence-electron chi connectivity index (χ0n) is 17.8. The lowest BCUT2D eigenvalue weighted by atomic mass is 9.92. The zero-order valence-corrected chi connectivity index (χ0v) is 18.6. The van der Waals surface area contributed by atoms with Crippen molar-refractivity contribution in [1.82, 2.24) is 24.6 Å². The Morgan fingerprint density at radius 2 is 1.83 bits per heavy atom. The van der Waals surface area contributed by atoms with Crippen LogP contribution in [0.2, 0.25) is 0 Å². The summed E-state index contributed by atoms with van der Waals surface area (Å²) in [7, 11) is 3.95. The minimum absolute atomic E-state index is 0.0152. The lowest BCUT2D eigenvalue weighted by Crippen LogP contribution is -2.43. The molecule has 29 heavy (non-hydrogen) atoms. The van der Waals surface area contributed by atoms with Gasteiger partial charge >= 0.3 is 0 Å². The Kier molecular flexibility index (Phi) is 6.95. The van der Waals surface area contributed by atoms with Crippen molar-refractivity contribution < 1.29 is 9.18 Å². The van der Waals surface area contributed by atoms with Crippen LogP contribution in [-0.4, -0.2) is 63.4 Å². The third-order valence-electron chi connectivity index (χ3n) is 5.44. The molecule has 1 aliphatic heterocycles. The number of aromatic nitrogens is 3. The molecular weight excluding hydrogens is 389 g/mol. The van der Waals surface area contributed by atoms with Gasteiger partial charge in [-0.2, -0.15) is 0 Å². The van der Waals surface area contributed by atoms with Gasteiger partial charge in [-0.1, -0.05) is 25.6 Å². The maximum absolute atomic E-state index is 13.4. The van der Waals surface area contributed by atoms with E-state index in [0.29, 0.717) is 22.7 Å². The molecule has 1 aromatic heterocycles. The number of benzene rings is 1. The van der Waals surface area contributed by atoms with E-state index in [0.717, 1.165) is 24.6 Å². The second kappa shape index (κ2) is 9.26. The van der Waals surface area contributed by atoms with Crippen LogP contribution in [-0.2, 0) is 4.79 Å². The third-order valence-corrected chi connectivity index (χ3v) is 6.35. The van der Waals surface area contributed by atoms with Crippen LogP contribution in [0.25, 0.3) is 5.69 Å². The van der Waals surface area contributed by atoms with Gasteiger partial charge in [0.15, 0.2) is 11.0 Å². The lowest BCUT2D eigenvalue weighted by Gasteiger charge is -2.35. The molecule has 0 saturated carbocycles. The fourth-order valence-corrected chi connectivity index (χ4v) is 4.65. The van der Waals surface area contributed by atoms with Crippen molar-refractivity contribution in [1.29, 1.82) is 0 Å². The smallest absolute Gasteiger partial charge is 0.233 e. The zero-order chi connectivity index (χ0) is 21.1. The Morgan fingerprint density at radius 1 is 1.21 bits per heavy atom. The number of hydrogen-bond donors (Lipinski definition) is 0. The fourth-order valence-electron chi connectivity index (χ4n) is 3.79. The summed E-state index contributed by atoms with van der Waals surface area (Å²) in [6, 6.07) is 6.29. The molecule has 0 spiro atoms. The van der Waals surface area contributed by atoms with Crippen molar-refractivity contribution in [3.8, 4) is 5.69 Å². The standard InChI is InChI=1S/C21H30FN5OS/c1-14-10-15(2)12-26(11-14)19(28)13-29-21-24-23-20(16(3)25(4)5)27(21)18-8-6-17(22)7-9-18/h6-9,14-16H,10-13H2,1-5H3/t14-,15-,16+/m0/s1. The number of rotatable bonds is 6. The van der Waals surface area contributed by atoms with Gasteiger partial charge < -0.3 is 4.90 Å². The van der Waals surface area contributed by atoms with Crippen molar-refractivity contribution in [2.75, 3.05) is 32.9 Å². The van der Waals surface area contributed by atoms with E-state index >= 15 is 0 Å². The maximum Gasteiger partial charge on any atom is 0.233 e. The second-order valence-electron chi connectivity index (χ2n) is 8.33. The molecule has 0 N–H and O–H groups in total. The minimum Gasteiger partial charge on any atom is -0.341 e. The summed E-state index contributed by atoms with van der Waals surface area (Å²) in [4.78, 5) is 16.8. The number of thioether (sulfide) groups is 1. The van der Waals surface area contributed by atoms with Crippen molar-refractivity contribution in [2.24, 2.45) is 11.8 Å². The van der Waals surface area contributed by atoms with Crippen molar-refractivity contribution >= 4 is 17.7 Å². The Morgan fingerprint density at radius 3 is 2.41 bits per heavy atom. The topological polar surface area (TPSA) is 54.3 Å². The summed E-state index contributed by atoms with van der Waals surface area (Å²) in [5, 5.41) is 9.38. The molecule has 1 aliphatic rings. The molecule has 158 valence electrons. The molecule has 1 fully saturated rings. The first-order chi connectivity index (χ1) is 13.8. The predicted molar refractivity (Wildman–Crippen MR) is 114 cm³/mol. The lowest BCUT2D eigenvalue weighted by molar-refractivity contribution is -0.130. The molecule has 0 aliphatic carbocycles. The third kappa shape index (κ3) is 5.17. The van der Waals surface area contributed by atoms with E-state index in [-0.39, 0.29) is 17.8 Å². The van der Waals surface area contributed by atoms with Crippen LogP contribution in [0.4, 0.5) is 4.39 Å². The van der Waals surface area contributed by atoms with Crippen molar-refractivity contribution in [3.63, 3.8) is 0 Å². The van der Waals surface area contributed by atoms with E-state index in [1.54, 1.807) is 12.1 Å². The molecule has 0 unspecified atom stereocenters. The summed E-state index contributed by atoms with van der Waals surface area (Å²) in [5.74, 6) is 1.98. The molecule has 0 radical (unpaired) electrons. The van der Waals surface area contributed by atoms with E-state index in [1.807, 2.05) is 35.4 Å². The summed E-state index contributed by atoms with van der Waals surface area (Å²) < 4.78 is 15.4. The normalized spacial score (nSPS) is 20.9. The molecule has 3 atom stereocenters. The van der Waals surface area contributed by atoms with Gasteiger partial charge in [0, 0.05) is 18.8 Å². The van der Waals surface area contributed by atoms with Crippen LogP contribution in [0.3, 0.4) is 0 Å². The van der Waals surface area contributed by atoms with E-state index in [2.05, 4.69) is 24.0 Å². The molecule has 2 heterocycles. The molecule has 1 aromatic carbocycles. The molecular formula is C21H30FN5OS. The number of piperidine rings is 1. The quantitative estimate of drug-likeness (QED) is 0.670. The number of carbonyl (C=O) groups excluding carboxylic acids is 1. The van der Waals surface area contributed by atoms with Gasteiger partial charge in [0.2, 0.25) is 5.91 Å². The van der Waals surface area contributed by atoms with E-state index < -0.39 is 0 Å². The first kappa shape index (κ1) is 21.8. The summed E-state index contributed by atoms with van der Waals surface area (Å²) in [6.07, 6.45) is 1.17. The first-order valence-electron chi connectivity index (χ1n) is 10.0. The molecule has 1 saturated heterocycles. The highest BCUT2D eigenvalue weighted by Gasteiger charge is 2.26. The van der Waals surface area contributed by atoms with Gasteiger partial charge in [-0.15, -0.1) is 10.2 Å². The van der Waals surface area contributed by atoms with Gasteiger partial charge in [-0.3, -0.25) is 14.3 Å². The van der Waals surface area contributed by atoms with Gasteiger partial charge in [-0.05, 0) is 63.5 Å². The van der Waals surface area contributed by atoms with Gasteiger partial charge in [0.1, 0.15) is 5.82 Å². The molecule has 1 amide bonds. The molecule has 8 heteroatoms. The van der Waals surface area contributed by atoms with E-state index in [4.69, 9.17) is 0 Å². The molecule has 2 aromatic rings. The molecule has 6 nitrogen and oxygen atoms in total. The Hall–Kier alpha value is -1.93. The Labute approximate surface area is 176 Å². The van der Waals surface area contributed by atoms with Crippen LogP contribution in [0, 0.1) is 17.7 Å². The number of nitrogens with zero attached hydrogens (tertiary/aromatic N) is 5. The SMILES string of the molecule is C[C@H]1C[C@H](C)CN(C(=O)CSc2nnc([C@@H](C)N(C)C)n2-c2ccc(F)cc2)C1. The number of likely N-dealkylation sites (tertiary alicyclic amines) is 1. The van der Waals surface area contributed by atoms with Crippen LogP contribution in [0.1, 0.15) is 39.1 Å². The summed E-state index contributed by atoms with van der Waals surface area (Å²) in [5.41, 5.74) is 0.787. The highest BCUT2D eigenvalue weighted by atomic mass is 32.2. The van der Waals surface area contributed by atoms with E-state index in [9.17, 15) is 9.18 Å². The number of carbonyl (C=O) groups is 1. The maximum atomic E-state index is 13.4. The highest BCUT2D eigenvalue weighted by Crippen LogP contribution is 2.28. The van der Waals surface area contributed by atoms with Crippen LogP contribution >= 0.6 is 11.8 Å². The van der Waals surface area contributed by atoms with Crippen molar-refractivity contribution in [2.45, 2.75) is 38.4 Å². The average Bonchev–Trinajstić information content (AvgIpc) is 3.09. The number of halogens is 1. The minimum atomic E-state index is -0.290. The Bertz CT molecular complexity index is 828. The largest absolute Gasteiger partial charge is 0.341 e. The predicted octanol–water partition coefficient (Wildman–Crippen LogP) is 3.63. The number of amides is 1. The first-order valence-corrected chi connectivity index (χ1v) is 11.0. The summed E-state index contributed by atoms with van der Waals surface area (Å²) in [6.45, 7) is 8.07. The highest BCUT2D eigenvalue weighted by molar-refractivity contribution is 7.99. The Balaban J connectivity index is 1.81. The molecule has 3 rings (SSSR count). The van der Waals surface area contributed by atoms with Crippen molar-refractivity contribution in [3.05, 3.63) is 35.9 Å². The van der Waals surface area contributed by atoms with Crippen LogP contribution < -0.4 is 0 Å². The van der Waals surface area contributed by atoms with Crippen LogP contribution in [0.15, 0.2) is 29.4 Å². The second-order valence-corrected chi connectivity index (χ2v) is 9.27. The average molecular weight is 420 g/mol. The van der Waals surface area contributed by atoms with E-state index in [1.165, 1.54) is 30.3 Å². The fraction of sp³-hybridized carbons (Fsp3) is 0.571. The number of hydrogen-bond acceptors (Lipinski definition) is 5. The summed E-state index contributed by atoms with van der Waals surface area (Å²) >= 11 is 1.39. The monoisotopic (exact) mass is 419 g/mol. The van der Waals surface area contributed by atoms with Gasteiger partial charge in [0.25, 0.3) is 0 Å². The molecule has 0 bridgehead atoms. The van der Waals surface area contributed by atoms with Gasteiger partial charge in [0.05, 0.1) is 11.8 Å². The van der Waals surface area contributed by atoms with Crippen LogP contribution in [0.5, 0.6) is 0 Å².